The Kier molecular flexibility index (Phi) is 3.82. The summed E-state index contributed by atoms with van der Waals surface area (Å²) < 4.78 is 0. The van der Waals surface area contributed by atoms with Gasteiger partial charge in [-0.2, -0.15) is 0 Å². The van der Waals surface area contributed by atoms with Crippen molar-refractivity contribution in [3.05, 3.63) is 0 Å². The maximum absolute atomic E-state index is 12.3. The summed E-state index contributed by atoms with van der Waals surface area (Å²) in [5, 5.41) is 3.15. The van der Waals surface area contributed by atoms with Crippen LogP contribution in [0.25, 0.3) is 0 Å². The van der Waals surface area contributed by atoms with Gasteiger partial charge in [0.2, 0.25) is 5.91 Å². The standard InChI is InChI=1S/C12H23N3O/c1-13-7-6-11-12(16)14(2)8-3-9-15(11)10-4-5-10/h10-11,13H,3-9H2,1-2H3. The fraction of sp³-hybridized carbons (Fsp3) is 0.917. The Morgan fingerprint density at radius 1 is 1.38 bits per heavy atom. The van der Waals surface area contributed by atoms with Gasteiger partial charge in [-0.15, -0.1) is 0 Å². The monoisotopic (exact) mass is 225 g/mol. The molecule has 1 unspecified atom stereocenters. The van der Waals surface area contributed by atoms with Gasteiger partial charge in [-0.3, -0.25) is 9.69 Å². The Morgan fingerprint density at radius 3 is 2.75 bits per heavy atom. The van der Waals surface area contributed by atoms with Crippen molar-refractivity contribution >= 4 is 5.91 Å². The molecule has 0 radical (unpaired) electrons. The number of carbonyl (C=O) groups is 1. The van der Waals surface area contributed by atoms with E-state index in [0.717, 1.165) is 32.5 Å². The predicted octanol–water partition coefficient (Wildman–Crippen LogP) is 0.291. The van der Waals surface area contributed by atoms with Gasteiger partial charge in [-0.05, 0) is 39.3 Å². The Labute approximate surface area is 98.0 Å². The first kappa shape index (κ1) is 11.9. The zero-order valence-corrected chi connectivity index (χ0v) is 10.4. The van der Waals surface area contributed by atoms with Crippen LogP contribution in [0, 0.1) is 0 Å². The number of likely N-dealkylation sites (N-methyl/N-ethyl adjacent to an activating group) is 1. The van der Waals surface area contributed by atoms with Gasteiger partial charge in [-0.25, -0.2) is 0 Å². The van der Waals surface area contributed by atoms with Gasteiger partial charge in [0.25, 0.3) is 0 Å². The summed E-state index contributed by atoms with van der Waals surface area (Å²) in [6, 6.07) is 0.810. The molecule has 2 aliphatic rings. The topological polar surface area (TPSA) is 35.6 Å². The number of amides is 1. The summed E-state index contributed by atoms with van der Waals surface area (Å²) in [4.78, 5) is 16.6. The highest BCUT2D eigenvalue weighted by molar-refractivity contribution is 5.82. The lowest BCUT2D eigenvalue weighted by molar-refractivity contribution is -0.134. The summed E-state index contributed by atoms with van der Waals surface area (Å²) in [5.74, 6) is 0.319. The van der Waals surface area contributed by atoms with Crippen molar-refractivity contribution in [2.45, 2.75) is 37.8 Å². The molecule has 0 aromatic rings. The number of hydrogen-bond acceptors (Lipinski definition) is 3. The quantitative estimate of drug-likeness (QED) is 0.747. The summed E-state index contributed by atoms with van der Waals surface area (Å²) >= 11 is 0. The second kappa shape index (κ2) is 5.15. The molecular formula is C12H23N3O. The molecule has 1 aliphatic heterocycles. The molecule has 1 amide bonds. The number of nitrogens with one attached hydrogen (secondary N) is 1. The molecule has 1 N–H and O–H groups in total. The lowest BCUT2D eigenvalue weighted by Crippen LogP contribution is -2.47. The average Bonchev–Trinajstić information content (AvgIpc) is 3.09. The first-order valence-electron chi connectivity index (χ1n) is 6.39. The molecule has 1 saturated heterocycles. The fourth-order valence-corrected chi connectivity index (χ4v) is 2.57. The largest absolute Gasteiger partial charge is 0.344 e. The summed E-state index contributed by atoms with van der Waals surface area (Å²) in [6.45, 7) is 2.93. The van der Waals surface area contributed by atoms with Crippen LogP contribution in [0.3, 0.4) is 0 Å². The zero-order valence-electron chi connectivity index (χ0n) is 10.4. The normalized spacial score (nSPS) is 28.2. The van der Waals surface area contributed by atoms with Crippen molar-refractivity contribution in [1.82, 2.24) is 15.1 Å². The molecule has 92 valence electrons. The van der Waals surface area contributed by atoms with E-state index in [-0.39, 0.29) is 6.04 Å². The second-order valence-electron chi connectivity index (χ2n) is 4.99. The molecule has 2 rings (SSSR count). The lowest BCUT2D eigenvalue weighted by atomic mass is 10.1. The third-order valence-corrected chi connectivity index (χ3v) is 3.66. The Bertz CT molecular complexity index is 253. The summed E-state index contributed by atoms with van der Waals surface area (Å²) in [7, 11) is 3.89. The summed E-state index contributed by atoms with van der Waals surface area (Å²) in [5.41, 5.74) is 0. The van der Waals surface area contributed by atoms with Crippen LogP contribution >= 0.6 is 0 Å². The molecule has 16 heavy (non-hydrogen) atoms. The van der Waals surface area contributed by atoms with Crippen LogP contribution in [0.2, 0.25) is 0 Å². The minimum Gasteiger partial charge on any atom is -0.344 e. The highest BCUT2D eigenvalue weighted by Crippen LogP contribution is 2.31. The Balaban J connectivity index is 2.04. The maximum Gasteiger partial charge on any atom is 0.239 e. The SMILES string of the molecule is CNCCC1C(=O)N(C)CCCN1C1CC1. The number of hydrogen-bond donors (Lipinski definition) is 1. The van der Waals surface area contributed by atoms with Crippen LogP contribution < -0.4 is 5.32 Å². The van der Waals surface area contributed by atoms with Gasteiger partial charge in [0, 0.05) is 26.2 Å². The van der Waals surface area contributed by atoms with E-state index in [1.54, 1.807) is 0 Å². The van der Waals surface area contributed by atoms with E-state index in [2.05, 4.69) is 10.2 Å². The smallest absolute Gasteiger partial charge is 0.239 e. The van der Waals surface area contributed by atoms with Gasteiger partial charge in [0.05, 0.1) is 6.04 Å². The maximum atomic E-state index is 12.3. The molecule has 2 fully saturated rings. The van der Waals surface area contributed by atoms with Crippen molar-refractivity contribution in [3.8, 4) is 0 Å². The van der Waals surface area contributed by atoms with Crippen molar-refractivity contribution < 1.29 is 4.79 Å². The molecule has 0 aromatic carbocycles. The minimum absolute atomic E-state index is 0.118. The Morgan fingerprint density at radius 2 is 2.12 bits per heavy atom. The van der Waals surface area contributed by atoms with Crippen molar-refractivity contribution in [1.29, 1.82) is 0 Å². The first-order chi connectivity index (χ1) is 7.74. The van der Waals surface area contributed by atoms with Gasteiger partial charge in [0.1, 0.15) is 0 Å². The molecule has 0 aromatic heterocycles. The minimum atomic E-state index is 0.118. The van der Waals surface area contributed by atoms with Crippen molar-refractivity contribution in [2.24, 2.45) is 0 Å². The first-order valence-corrected chi connectivity index (χ1v) is 6.39. The number of nitrogens with zero attached hydrogens (tertiary/aromatic N) is 2. The van der Waals surface area contributed by atoms with Crippen LogP contribution in [-0.2, 0) is 4.79 Å². The van der Waals surface area contributed by atoms with Crippen LogP contribution in [-0.4, -0.2) is 61.5 Å². The molecule has 4 nitrogen and oxygen atoms in total. The van der Waals surface area contributed by atoms with E-state index in [1.807, 2.05) is 19.0 Å². The molecule has 1 saturated carbocycles. The third kappa shape index (κ3) is 2.55. The molecule has 1 aliphatic carbocycles. The van der Waals surface area contributed by atoms with Crippen LogP contribution in [0.4, 0.5) is 0 Å². The van der Waals surface area contributed by atoms with Crippen molar-refractivity contribution in [3.63, 3.8) is 0 Å². The Hall–Kier alpha value is -0.610. The molecule has 4 heteroatoms. The molecule has 0 bridgehead atoms. The zero-order chi connectivity index (χ0) is 11.5. The van der Waals surface area contributed by atoms with Gasteiger partial charge in [-0.1, -0.05) is 0 Å². The van der Waals surface area contributed by atoms with Gasteiger partial charge in [0.15, 0.2) is 0 Å². The number of rotatable bonds is 4. The van der Waals surface area contributed by atoms with Gasteiger partial charge < -0.3 is 10.2 Å². The van der Waals surface area contributed by atoms with Crippen LogP contribution in [0.15, 0.2) is 0 Å². The lowest BCUT2D eigenvalue weighted by Gasteiger charge is -2.29. The van der Waals surface area contributed by atoms with E-state index in [1.165, 1.54) is 12.8 Å². The highest BCUT2D eigenvalue weighted by Gasteiger charge is 2.39. The average molecular weight is 225 g/mol. The fourth-order valence-electron chi connectivity index (χ4n) is 2.57. The molecule has 1 heterocycles. The third-order valence-electron chi connectivity index (χ3n) is 3.66. The summed E-state index contributed by atoms with van der Waals surface area (Å²) in [6.07, 6.45) is 4.63. The second-order valence-corrected chi connectivity index (χ2v) is 4.99. The van der Waals surface area contributed by atoms with E-state index >= 15 is 0 Å². The molecular weight excluding hydrogens is 202 g/mol. The van der Waals surface area contributed by atoms with Crippen molar-refractivity contribution in [2.75, 3.05) is 33.7 Å². The van der Waals surface area contributed by atoms with E-state index < -0.39 is 0 Å². The highest BCUT2D eigenvalue weighted by atomic mass is 16.2. The predicted molar refractivity (Wildman–Crippen MR) is 64.3 cm³/mol. The van der Waals surface area contributed by atoms with E-state index in [0.29, 0.717) is 11.9 Å². The van der Waals surface area contributed by atoms with E-state index in [4.69, 9.17) is 0 Å². The number of carbonyl (C=O) groups excluding carboxylic acids is 1. The van der Waals surface area contributed by atoms with Crippen LogP contribution in [0.1, 0.15) is 25.7 Å². The molecule has 0 spiro atoms. The van der Waals surface area contributed by atoms with Gasteiger partial charge >= 0.3 is 0 Å². The van der Waals surface area contributed by atoms with E-state index in [9.17, 15) is 4.79 Å². The van der Waals surface area contributed by atoms with Crippen LogP contribution in [0.5, 0.6) is 0 Å². The molecule has 1 atom stereocenters.